The first-order chi connectivity index (χ1) is 18.9. The number of likely N-dealkylation sites (tertiary alicyclic amines) is 1. The van der Waals surface area contributed by atoms with Gasteiger partial charge in [-0.05, 0) is 51.3 Å². The number of guanidine groups is 1. The molecule has 3 amide bonds. The van der Waals surface area contributed by atoms with Crippen LogP contribution in [0.2, 0.25) is 0 Å². The summed E-state index contributed by atoms with van der Waals surface area (Å²) >= 11 is 0. The Morgan fingerprint density at radius 2 is 1.80 bits per heavy atom. The number of aliphatic imine (C=N–C) groups is 1. The zero-order chi connectivity index (χ0) is 29.0. The van der Waals surface area contributed by atoms with Crippen LogP contribution in [0, 0.1) is 6.92 Å². The van der Waals surface area contributed by atoms with Gasteiger partial charge in [0.05, 0.1) is 17.3 Å². The fraction of sp³-hybridized carbons (Fsp3) is 0.481. The smallest absolute Gasteiger partial charge is 0.302 e. The fourth-order valence-corrected chi connectivity index (χ4v) is 4.85. The normalized spacial score (nSPS) is 17.8. The lowest BCUT2D eigenvalue weighted by Crippen LogP contribution is -2.57. The molecule has 40 heavy (non-hydrogen) atoms. The molecule has 3 heterocycles. The molecule has 0 aliphatic carbocycles. The number of carbonyl (C=O) groups excluding carboxylic acids is 3. The second kappa shape index (κ2) is 11.8. The third kappa shape index (κ3) is 6.77. The number of amides is 3. The van der Waals surface area contributed by atoms with Gasteiger partial charge in [0.2, 0.25) is 11.8 Å². The highest BCUT2D eigenvalue weighted by atomic mass is 16.5. The average Bonchev–Trinajstić information content (AvgIpc) is 3.27. The van der Waals surface area contributed by atoms with Gasteiger partial charge in [0.15, 0.2) is 17.5 Å². The number of anilines is 2. The van der Waals surface area contributed by atoms with Gasteiger partial charge in [0, 0.05) is 33.0 Å². The summed E-state index contributed by atoms with van der Waals surface area (Å²) in [6.07, 6.45) is 1.71. The highest BCUT2D eigenvalue weighted by molar-refractivity contribution is 6.04. The number of hydrogen-bond acceptors (Lipinski definition) is 8. The van der Waals surface area contributed by atoms with E-state index in [9.17, 15) is 14.4 Å². The summed E-state index contributed by atoms with van der Waals surface area (Å²) in [6, 6.07) is 6.88. The number of aryl methyl sites for hydroxylation is 1. The third-order valence-electron chi connectivity index (χ3n) is 6.97. The monoisotopic (exact) mass is 551 g/mol. The van der Waals surface area contributed by atoms with Crippen molar-refractivity contribution in [2.75, 3.05) is 31.1 Å². The van der Waals surface area contributed by atoms with Crippen molar-refractivity contribution in [1.82, 2.24) is 30.8 Å². The Labute approximate surface area is 233 Å². The second-order valence-electron chi connectivity index (χ2n) is 10.5. The highest BCUT2D eigenvalue weighted by Gasteiger charge is 2.41. The van der Waals surface area contributed by atoms with Crippen LogP contribution < -0.4 is 32.2 Å². The first-order valence-corrected chi connectivity index (χ1v) is 13.3. The average molecular weight is 552 g/mol. The summed E-state index contributed by atoms with van der Waals surface area (Å²) in [5.41, 5.74) is 12.4. The third-order valence-corrected chi connectivity index (χ3v) is 6.97. The Kier molecular flexibility index (Phi) is 8.40. The van der Waals surface area contributed by atoms with Gasteiger partial charge in [-0.15, -0.1) is 0 Å². The molecule has 1 unspecified atom stereocenters. The van der Waals surface area contributed by atoms with Crippen molar-refractivity contribution in [3.8, 4) is 5.75 Å². The molecule has 0 bridgehead atoms. The van der Waals surface area contributed by atoms with Gasteiger partial charge in [-0.25, -0.2) is 9.97 Å². The van der Waals surface area contributed by atoms with Crippen LogP contribution in [0.25, 0.3) is 0 Å². The SMILES string of the molecule is CC(=O)NC(Cc1ccc(OC(C)C)cc1)C(=O)N1CCC2(CC1)CN/C(=N\C(=O)c1nc(C)c(N)nc1N)N2. The first kappa shape index (κ1) is 28.6. The second-order valence-corrected chi connectivity index (χ2v) is 10.5. The minimum atomic E-state index is -0.678. The first-order valence-electron chi connectivity index (χ1n) is 13.3. The molecule has 1 atom stereocenters. The van der Waals surface area contributed by atoms with Crippen LogP contribution in [-0.4, -0.2) is 75.9 Å². The fourth-order valence-electron chi connectivity index (χ4n) is 4.85. The van der Waals surface area contributed by atoms with Gasteiger partial charge in [-0.3, -0.25) is 14.4 Å². The molecule has 13 nitrogen and oxygen atoms in total. The number of aromatic nitrogens is 2. The Hall–Kier alpha value is -4.42. The molecular formula is C27H37N9O4. The maximum atomic E-state index is 13.5. The predicted octanol–water partition coefficient (Wildman–Crippen LogP) is 0.534. The molecule has 4 rings (SSSR count). The lowest BCUT2D eigenvalue weighted by Gasteiger charge is -2.39. The van der Waals surface area contributed by atoms with E-state index in [1.54, 1.807) is 11.8 Å². The molecule has 0 saturated carbocycles. The standard InChI is InChI=1S/C27H37N9O4/c1-15(2)40-19-7-5-18(6-8-19)13-20(32-17(4)37)25(39)36-11-9-27(10-12-36)14-30-26(35-27)34-24(38)21-23(29)33-22(28)16(3)31-21/h5-8,15,20H,9-14H2,1-4H3,(H,32,37)(H4,28,29,33)(H2,30,34,35,38). The topological polar surface area (TPSA) is 190 Å². The number of hydrogen-bond donors (Lipinski definition) is 5. The van der Waals surface area contributed by atoms with E-state index in [-0.39, 0.29) is 40.8 Å². The van der Waals surface area contributed by atoms with Crippen molar-refractivity contribution < 1.29 is 19.1 Å². The molecule has 2 aliphatic heterocycles. The number of piperidine rings is 1. The van der Waals surface area contributed by atoms with E-state index in [0.717, 1.165) is 11.3 Å². The van der Waals surface area contributed by atoms with Gasteiger partial charge in [-0.2, -0.15) is 4.99 Å². The Bertz CT molecular complexity index is 1300. The summed E-state index contributed by atoms with van der Waals surface area (Å²) < 4.78 is 5.69. The molecule has 1 aromatic heterocycles. The van der Waals surface area contributed by atoms with E-state index >= 15 is 0 Å². The number of rotatable bonds is 7. The van der Waals surface area contributed by atoms with Crippen LogP contribution in [0.5, 0.6) is 5.75 Å². The van der Waals surface area contributed by atoms with Crippen molar-refractivity contribution in [3.05, 3.63) is 41.2 Å². The van der Waals surface area contributed by atoms with Crippen LogP contribution in [0.15, 0.2) is 29.3 Å². The lowest BCUT2D eigenvalue weighted by molar-refractivity contribution is -0.137. The molecule has 1 spiro atoms. The number of ether oxygens (including phenoxy) is 1. The van der Waals surface area contributed by atoms with Crippen molar-refractivity contribution in [3.63, 3.8) is 0 Å². The van der Waals surface area contributed by atoms with E-state index in [4.69, 9.17) is 16.2 Å². The van der Waals surface area contributed by atoms with Crippen LogP contribution in [-0.2, 0) is 16.0 Å². The summed E-state index contributed by atoms with van der Waals surface area (Å²) in [5.74, 6) is 0.135. The van der Waals surface area contributed by atoms with E-state index in [2.05, 4.69) is 30.9 Å². The lowest BCUT2D eigenvalue weighted by atomic mass is 9.88. The molecule has 1 aromatic carbocycles. The Balaban J connectivity index is 1.37. The van der Waals surface area contributed by atoms with Crippen molar-refractivity contribution in [2.24, 2.45) is 4.99 Å². The summed E-state index contributed by atoms with van der Waals surface area (Å²) in [7, 11) is 0. The quantitative estimate of drug-likeness (QED) is 0.324. The number of nitrogens with zero attached hydrogens (tertiary/aromatic N) is 4. The van der Waals surface area contributed by atoms with Gasteiger partial charge in [0.25, 0.3) is 0 Å². The van der Waals surface area contributed by atoms with Crippen molar-refractivity contribution >= 4 is 35.3 Å². The molecule has 2 fully saturated rings. The van der Waals surface area contributed by atoms with Gasteiger partial charge in [-0.1, -0.05) is 12.1 Å². The number of benzene rings is 1. The van der Waals surface area contributed by atoms with Crippen LogP contribution in [0.4, 0.5) is 11.6 Å². The summed E-state index contributed by atoms with van der Waals surface area (Å²) in [4.78, 5) is 52.0. The van der Waals surface area contributed by atoms with Gasteiger partial charge < -0.3 is 37.1 Å². The van der Waals surface area contributed by atoms with E-state index in [0.29, 0.717) is 50.6 Å². The maximum absolute atomic E-state index is 13.5. The van der Waals surface area contributed by atoms with E-state index in [1.807, 2.05) is 38.1 Å². The predicted molar refractivity (Wildman–Crippen MR) is 151 cm³/mol. The number of carbonyl (C=O) groups is 3. The molecule has 2 saturated heterocycles. The molecule has 214 valence electrons. The number of nitrogens with two attached hydrogens (primary N) is 2. The number of nitrogens with one attached hydrogen (secondary N) is 3. The zero-order valence-electron chi connectivity index (χ0n) is 23.3. The highest BCUT2D eigenvalue weighted by Crippen LogP contribution is 2.26. The van der Waals surface area contributed by atoms with Crippen LogP contribution in [0.3, 0.4) is 0 Å². The van der Waals surface area contributed by atoms with Crippen molar-refractivity contribution in [2.45, 2.75) is 64.6 Å². The van der Waals surface area contributed by atoms with Crippen molar-refractivity contribution in [1.29, 1.82) is 0 Å². The molecule has 7 N–H and O–H groups in total. The number of nitrogen functional groups attached to an aromatic ring is 2. The molecule has 2 aliphatic rings. The Morgan fingerprint density at radius 3 is 2.42 bits per heavy atom. The van der Waals surface area contributed by atoms with Gasteiger partial charge >= 0.3 is 5.91 Å². The van der Waals surface area contributed by atoms with Crippen LogP contribution >= 0.6 is 0 Å². The summed E-state index contributed by atoms with van der Waals surface area (Å²) in [6.45, 7) is 8.48. The van der Waals surface area contributed by atoms with Crippen LogP contribution in [0.1, 0.15) is 55.4 Å². The molecule has 0 radical (unpaired) electrons. The molecule has 13 heteroatoms. The largest absolute Gasteiger partial charge is 0.491 e. The maximum Gasteiger partial charge on any atom is 0.302 e. The minimum Gasteiger partial charge on any atom is -0.491 e. The van der Waals surface area contributed by atoms with E-state index < -0.39 is 11.9 Å². The minimum absolute atomic E-state index is 0.0599. The molecule has 2 aromatic rings. The van der Waals surface area contributed by atoms with E-state index in [1.165, 1.54) is 6.92 Å². The molecular weight excluding hydrogens is 514 g/mol. The Morgan fingerprint density at radius 1 is 1.12 bits per heavy atom. The van der Waals surface area contributed by atoms with Gasteiger partial charge in [0.1, 0.15) is 17.6 Å². The zero-order valence-corrected chi connectivity index (χ0v) is 23.3. The summed E-state index contributed by atoms with van der Waals surface area (Å²) in [5, 5.41) is 9.27.